The maximum atomic E-state index is 13.6. The third kappa shape index (κ3) is 3.98. The zero-order valence-electron chi connectivity index (χ0n) is 18.4. The molecule has 2 aromatic carbocycles. The van der Waals surface area contributed by atoms with Crippen molar-refractivity contribution in [3.05, 3.63) is 93.4 Å². The molecule has 0 saturated carbocycles. The molecule has 4 amide bonds. The van der Waals surface area contributed by atoms with Crippen LogP contribution in [0.3, 0.4) is 0 Å². The SMILES string of the molecule is O=C(CN1C(=O)NC2(CCCCc3ccccc32)C1=O)NC(c1ccc(F)cc1)c1cccs1. The van der Waals surface area contributed by atoms with E-state index >= 15 is 0 Å². The van der Waals surface area contributed by atoms with Gasteiger partial charge in [0, 0.05) is 4.88 Å². The van der Waals surface area contributed by atoms with Crippen LogP contribution in [0.1, 0.15) is 46.9 Å². The largest absolute Gasteiger partial charge is 0.343 e. The molecule has 0 radical (unpaired) electrons. The molecular formula is C26H24FN3O3S. The number of thiophene rings is 1. The summed E-state index contributed by atoms with van der Waals surface area (Å²) in [6.45, 7) is -0.391. The van der Waals surface area contributed by atoms with Gasteiger partial charge in [0.2, 0.25) is 5.91 Å². The Kier molecular flexibility index (Phi) is 5.91. The normalized spacial score (nSPS) is 20.6. The highest BCUT2D eigenvalue weighted by molar-refractivity contribution is 7.10. The second-order valence-corrected chi connectivity index (χ2v) is 9.64. The summed E-state index contributed by atoms with van der Waals surface area (Å²) < 4.78 is 13.4. The Morgan fingerprint density at radius 2 is 1.88 bits per heavy atom. The lowest BCUT2D eigenvalue weighted by molar-refractivity contribution is -0.135. The highest BCUT2D eigenvalue weighted by Gasteiger charge is 2.53. The van der Waals surface area contributed by atoms with Gasteiger partial charge in [-0.05, 0) is 66.0 Å². The molecule has 1 aliphatic heterocycles. The first-order valence-electron chi connectivity index (χ1n) is 11.3. The quantitative estimate of drug-likeness (QED) is 0.539. The van der Waals surface area contributed by atoms with Crippen LogP contribution in [0.15, 0.2) is 66.0 Å². The molecule has 174 valence electrons. The van der Waals surface area contributed by atoms with E-state index in [9.17, 15) is 18.8 Å². The number of imide groups is 1. The van der Waals surface area contributed by atoms with Gasteiger partial charge in [0.15, 0.2) is 0 Å². The van der Waals surface area contributed by atoms with Crippen molar-refractivity contribution in [3.8, 4) is 0 Å². The Bertz CT molecular complexity index is 1230. The first-order valence-corrected chi connectivity index (χ1v) is 12.2. The van der Waals surface area contributed by atoms with E-state index in [4.69, 9.17) is 0 Å². The highest BCUT2D eigenvalue weighted by atomic mass is 32.1. The van der Waals surface area contributed by atoms with Gasteiger partial charge in [-0.15, -0.1) is 11.3 Å². The Morgan fingerprint density at radius 3 is 2.65 bits per heavy atom. The third-order valence-electron chi connectivity index (χ3n) is 6.54. The van der Waals surface area contributed by atoms with Crippen LogP contribution >= 0.6 is 11.3 Å². The van der Waals surface area contributed by atoms with E-state index in [1.165, 1.54) is 23.5 Å². The van der Waals surface area contributed by atoms with Gasteiger partial charge in [0.05, 0.1) is 6.04 Å². The molecule has 5 rings (SSSR count). The van der Waals surface area contributed by atoms with Crippen molar-refractivity contribution in [1.29, 1.82) is 0 Å². The second-order valence-electron chi connectivity index (χ2n) is 8.66. The number of aryl methyl sites for hydroxylation is 1. The average molecular weight is 478 g/mol. The van der Waals surface area contributed by atoms with Crippen molar-refractivity contribution in [2.45, 2.75) is 37.3 Å². The summed E-state index contributed by atoms with van der Waals surface area (Å²) in [5.41, 5.74) is 1.45. The molecule has 6 nitrogen and oxygen atoms in total. The van der Waals surface area contributed by atoms with Crippen LogP contribution in [0.2, 0.25) is 0 Å². The van der Waals surface area contributed by atoms with E-state index in [1.807, 2.05) is 41.8 Å². The van der Waals surface area contributed by atoms with Crippen LogP contribution in [0, 0.1) is 5.82 Å². The number of nitrogens with zero attached hydrogens (tertiary/aromatic N) is 1. The molecule has 2 aliphatic rings. The molecular weight excluding hydrogens is 453 g/mol. The number of carbonyl (C=O) groups is 3. The van der Waals surface area contributed by atoms with Crippen molar-refractivity contribution in [3.63, 3.8) is 0 Å². The van der Waals surface area contributed by atoms with Crippen LogP contribution in [-0.2, 0) is 21.5 Å². The van der Waals surface area contributed by atoms with Crippen molar-refractivity contribution >= 4 is 29.2 Å². The van der Waals surface area contributed by atoms with E-state index in [0.29, 0.717) is 12.0 Å². The van der Waals surface area contributed by atoms with Crippen LogP contribution in [0.25, 0.3) is 0 Å². The fourth-order valence-electron chi connectivity index (χ4n) is 4.90. The van der Waals surface area contributed by atoms with E-state index in [2.05, 4.69) is 10.6 Å². The molecule has 1 aromatic heterocycles. The lowest BCUT2D eigenvalue weighted by Crippen LogP contribution is -2.45. The maximum Gasteiger partial charge on any atom is 0.325 e. The van der Waals surface area contributed by atoms with Crippen molar-refractivity contribution in [2.24, 2.45) is 0 Å². The molecule has 2 heterocycles. The number of nitrogens with one attached hydrogen (secondary N) is 2. The summed E-state index contributed by atoms with van der Waals surface area (Å²) in [5.74, 6) is -1.23. The molecule has 2 unspecified atom stereocenters. The molecule has 1 saturated heterocycles. The zero-order chi connectivity index (χ0) is 23.7. The molecule has 1 spiro atoms. The number of halogens is 1. The first kappa shape index (κ1) is 22.3. The zero-order valence-corrected chi connectivity index (χ0v) is 19.2. The number of urea groups is 1. The number of amides is 4. The van der Waals surface area contributed by atoms with Gasteiger partial charge in [-0.2, -0.15) is 0 Å². The fourth-order valence-corrected chi connectivity index (χ4v) is 5.70. The van der Waals surface area contributed by atoms with Gasteiger partial charge >= 0.3 is 6.03 Å². The van der Waals surface area contributed by atoms with Crippen molar-refractivity contribution in [1.82, 2.24) is 15.5 Å². The highest BCUT2D eigenvalue weighted by Crippen LogP contribution is 2.39. The number of rotatable bonds is 5. The van der Waals surface area contributed by atoms with E-state index < -0.39 is 36.0 Å². The minimum absolute atomic E-state index is 0.367. The summed E-state index contributed by atoms with van der Waals surface area (Å²) >= 11 is 1.46. The minimum Gasteiger partial charge on any atom is -0.343 e. The van der Waals surface area contributed by atoms with Gasteiger partial charge in [-0.1, -0.05) is 42.5 Å². The summed E-state index contributed by atoms with van der Waals surface area (Å²) in [6, 6.07) is 16.3. The van der Waals surface area contributed by atoms with Gasteiger partial charge in [0.25, 0.3) is 5.91 Å². The monoisotopic (exact) mass is 477 g/mol. The van der Waals surface area contributed by atoms with Crippen LogP contribution in [0.5, 0.6) is 0 Å². The van der Waals surface area contributed by atoms with Gasteiger partial charge in [-0.3, -0.25) is 14.5 Å². The van der Waals surface area contributed by atoms with E-state index in [0.717, 1.165) is 40.2 Å². The summed E-state index contributed by atoms with van der Waals surface area (Å²) in [7, 11) is 0. The smallest absolute Gasteiger partial charge is 0.325 e. The minimum atomic E-state index is -1.13. The van der Waals surface area contributed by atoms with Crippen molar-refractivity contribution < 1.29 is 18.8 Å². The van der Waals surface area contributed by atoms with Gasteiger partial charge in [-0.25, -0.2) is 9.18 Å². The number of carbonyl (C=O) groups excluding carboxylic acids is 3. The standard InChI is InChI=1S/C26H24FN3O3S/c27-19-12-10-18(11-13-19)23(21-9-5-15-34-21)28-22(31)16-30-24(32)26(29-25(30)33)14-4-3-7-17-6-1-2-8-20(17)26/h1-2,5-6,8-13,15,23H,3-4,7,14,16H2,(H,28,31)(H,29,33). The van der Waals surface area contributed by atoms with Gasteiger partial charge in [0.1, 0.15) is 17.9 Å². The fraction of sp³-hybridized carbons (Fsp3) is 0.269. The van der Waals surface area contributed by atoms with Crippen LogP contribution < -0.4 is 10.6 Å². The maximum absolute atomic E-state index is 13.6. The lowest BCUT2D eigenvalue weighted by Gasteiger charge is -2.27. The molecule has 3 aromatic rings. The topological polar surface area (TPSA) is 78.5 Å². The van der Waals surface area contributed by atoms with Gasteiger partial charge < -0.3 is 10.6 Å². The third-order valence-corrected chi connectivity index (χ3v) is 7.48. The molecule has 2 N–H and O–H groups in total. The Morgan fingerprint density at radius 1 is 1.09 bits per heavy atom. The number of benzene rings is 2. The van der Waals surface area contributed by atoms with E-state index in [1.54, 1.807) is 12.1 Å². The molecule has 0 bridgehead atoms. The average Bonchev–Trinajstić information content (AvgIpc) is 3.39. The van der Waals surface area contributed by atoms with Crippen LogP contribution in [0.4, 0.5) is 9.18 Å². The Balaban J connectivity index is 1.38. The van der Waals surface area contributed by atoms with Crippen LogP contribution in [-0.4, -0.2) is 29.3 Å². The molecule has 1 aliphatic carbocycles. The molecule has 34 heavy (non-hydrogen) atoms. The molecule has 2 atom stereocenters. The summed E-state index contributed by atoms with van der Waals surface area (Å²) in [5, 5.41) is 7.72. The Labute approximate surface area is 200 Å². The predicted octanol–water partition coefficient (Wildman–Crippen LogP) is 4.27. The molecule has 8 heteroatoms. The number of hydrogen-bond donors (Lipinski definition) is 2. The first-order chi connectivity index (χ1) is 16.5. The summed E-state index contributed by atoms with van der Waals surface area (Å²) in [6.07, 6.45) is 3.08. The van der Waals surface area contributed by atoms with E-state index in [-0.39, 0.29) is 5.82 Å². The lowest BCUT2D eigenvalue weighted by atomic mass is 9.84. The van der Waals surface area contributed by atoms with Crippen molar-refractivity contribution in [2.75, 3.05) is 6.54 Å². The Hall–Kier alpha value is -3.52. The predicted molar refractivity (Wildman–Crippen MR) is 127 cm³/mol. The molecule has 1 fully saturated rings. The number of hydrogen-bond acceptors (Lipinski definition) is 4. The summed E-state index contributed by atoms with van der Waals surface area (Å²) in [4.78, 5) is 41.4. The second kappa shape index (κ2) is 9.02. The number of fused-ring (bicyclic) bond motifs is 2.